The summed E-state index contributed by atoms with van der Waals surface area (Å²) in [5, 5.41) is 8.02. The molecular formula is C14H21N5O5S. The number of sulfonamides is 1. The molecule has 3 rings (SSSR count). The van der Waals surface area contributed by atoms with Gasteiger partial charge in [-0.2, -0.15) is 9.40 Å². The lowest BCUT2D eigenvalue weighted by atomic mass is 10.4. The fourth-order valence-electron chi connectivity index (χ4n) is 2.98. The monoisotopic (exact) mass is 371 g/mol. The third kappa shape index (κ3) is 3.14. The smallest absolute Gasteiger partial charge is 0.346 e. The van der Waals surface area contributed by atoms with Gasteiger partial charge in [-0.05, 0) is 13.8 Å². The van der Waals surface area contributed by atoms with Gasteiger partial charge in [-0.1, -0.05) is 5.16 Å². The summed E-state index contributed by atoms with van der Waals surface area (Å²) in [6.45, 7) is 4.62. The van der Waals surface area contributed by atoms with Gasteiger partial charge in [0.05, 0.1) is 13.2 Å². The van der Waals surface area contributed by atoms with Gasteiger partial charge in [0, 0.05) is 33.2 Å². The van der Waals surface area contributed by atoms with E-state index in [0.717, 1.165) is 0 Å². The molecule has 0 radical (unpaired) electrons. The average Bonchev–Trinajstić information content (AvgIpc) is 2.96. The van der Waals surface area contributed by atoms with Gasteiger partial charge < -0.3 is 9.26 Å². The molecule has 0 unspecified atom stereocenters. The van der Waals surface area contributed by atoms with Crippen LogP contribution < -0.4 is 5.69 Å². The predicted octanol–water partition coefficient (Wildman–Crippen LogP) is -0.457. The third-order valence-electron chi connectivity index (χ3n) is 4.23. The minimum absolute atomic E-state index is 0.101. The molecule has 11 heteroatoms. The molecule has 0 atom stereocenters. The number of aromatic nitrogens is 4. The Morgan fingerprint density at radius 2 is 2.00 bits per heavy atom. The molecule has 0 N–H and O–H groups in total. The maximum atomic E-state index is 12.9. The Hall–Kier alpha value is -1.98. The minimum Gasteiger partial charge on any atom is -0.383 e. The largest absolute Gasteiger partial charge is 0.383 e. The van der Waals surface area contributed by atoms with Crippen molar-refractivity contribution in [2.24, 2.45) is 0 Å². The lowest BCUT2D eigenvalue weighted by molar-refractivity contribution is 0.182. The van der Waals surface area contributed by atoms with Crippen molar-refractivity contribution >= 4 is 10.0 Å². The van der Waals surface area contributed by atoms with E-state index < -0.39 is 10.0 Å². The highest BCUT2D eigenvalue weighted by Crippen LogP contribution is 2.24. The van der Waals surface area contributed by atoms with Gasteiger partial charge in [-0.3, -0.25) is 4.57 Å². The van der Waals surface area contributed by atoms with Crippen molar-refractivity contribution in [3.8, 4) is 0 Å². The van der Waals surface area contributed by atoms with Crippen molar-refractivity contribution in [1.29, 1.82) is 0 Å². The van der Waals surface area contributed by atoms with Crippen molar-refractivity contribution < 1.29 is 17.7 Å². The number of nitrogens with zero attached hydrogens (tertiary/aromatic N) is 5. The molecule has 0 amide bonds. The van der Waals surface area contributed by atoms with Crippen molar-refractivity contribution in [2.75, 3.05) is 26.8 Å². The van der Waals surface area contributed by atoms with Crippen LogP contribution in [0.15, 0.2) is 14.2 Å². The fourth-order valence-corrected chi connectivity index (χ4v) is 4.70. The van der Waals surface area contributed by atoms with Crippen molar-refractivity contribution in [3.05, 3.63) is 27.8 Å². The maximum absolute atomic E-state index is 12.9. The molecule has 10 nitrogen and oxygen atoms in total. The first kappa shape index (κ1) is 17.8. The van der Waals surface area contributed by atoms with Crippen LogP contribution in [0.25, 0.3) is 0 Å². The van der Waals surface area contributed by atoms with Gasteiger partial charge in [0.1, 0.15) is 16.4 Å². The van der Waals surface area contributed by atoms with Gasteiger partial charge in [0.2, 0.25) is 10.0 Å². The van der Waals surface area contributed by atoms with E-state index in [9.17, 15) is 13.2 Å². The zero-order valence-corrected chi connectivity index (χ0v) is 15.2. The molecule has 1 aliphatic rings. The lowest BCUT2D eigenvalue weighted by Gasteiger charge is -2.19. The molecule has 3 heterocycles. The summed E-state index contributed by atoms with van der Waals surface area (Å²) in [6.07, 6.45) is 0.359. The molecule has 25 heavy (non-hydrogen) atoms. The number of ether oxygens (including phenoxy) is 1. The van der Waals surface area contributed by atoms with Crippen molar-refractivity contribution in [2.45, 2.75) is 38.3 Å². The standard InChI is InChI=1S/C14H21N5O5S/c1-10-13(11(2)24-16-10)25(21,22)17-5-4-12-15-19(8-9-23-3)14(20)18(12)7-6-17/h4-9H2,1-3H3. The predicted molar refractivity (Wildman–Crippen MR) is 86.8 cm³/mol. The number of fused-ring (bicyclic) bond motifs is 1. The van der Waals surface area contributed by atoms with Gasteiger partial charge in [0.25, 0.3) is 0 Å². The number of methoxy groups -OCH3 is 1. The van der Waals surface area contributed by atoms with E-state index in [1.165, 1.54) is 13.6 Å². The number of hydrogen-bond donors (Lipinski definition) is 0. The number of aryl methyl sites for hydroxylation is 2. The van der Waals surface area contributed by atoms with E-state index in [2.05, 4.69) is 10.3 Å². The molecule has 138 valence electrons. The molecular weight excluding hydrogens is 350 g/mol. The molecule has 0 aliphatic carbocycles. The lowest BCUT2D eigenvalue weighted by Crippen LogP contribution is -2.35. The third-order valence-corrected chi connectivity index (χ3v) is 6.37. The molecule has 0 saturated heterocycles. The average molecular weight is 371 g/mol. The Bertz CT molecular complexity index is 907. The van der Waals surface area contributed by atoms with E-state index in [4.69, 9.17) is 9.26 Å². The molecule has 0 saturated carbocycles. The second-order valence-electron chi connectivity index (χ2n) is 5.87. The SMILES string of the molecule is COCCn1nc2n(c1=O)CCN(S(=O)(=O)c1c(C)noc1C)CC2. The second-order valence-corrected chi connectivity index (χ2v) is 7.75. The Morgan fingerprint density at radius 3 is 2.64 bits per heavy atom. The van der Waals surface area contributed by atoms with Crippen LogP contribution in [0.5, 0.6) is 0 Å². The van der Waals surface area contributed by atoms with Gasteiger partial charge in [-0.25, -0.2) is 17.9 Å². The van der Waals surface area contributed by atoms with Crippen LogP contribution in [0.1, 0.15) is 17.3 Å². The summed E-state index contributed by atoms with van der Waals surface area (Å²) < 4.78 is 40.0. The number of rotatable bonds is 5. The summed E-state index contributed by atoms with van der Waals surface area (Å²) in [5.74, 6) is 0.846. The minimum atomic E-state index is -3.73. The van der Waals surface area contributed by atoms with E-state index in [1.807, 2.05) is 0 Å². The molecule has 1 aliphatic heterocycles. The summed E-state index contributed by atoms with van der Waals surface area (Å²) in [6, 6.07) is 0. The molecule has 2 aromatic heterocycles. The highest BCUT2D eigenvalue weighted by molar-refractivity contribution is 7.89. The van der Waals surface area contributed by atoms with E-state index >= 15 is 0 Å². The molecule has 2 aromatic rings. The van der Waals surface area contributed by atoms with Crippen LogP contribution in [-0.2, 0) is 34.3 Å². The number of hydrogen-bond acceptors (Lipinski definition) is 7. The van der Waals surface area contributed by atoms with Crippen LogP contribution >= 0.6 is 0 Å². The normalized spacial score (nSPS) is 16.0. The summed E-state index contributed by atoms with van der Waals surface area (Å²) in [7, 11) is -2.17. The zero-order chi connectivity index (χ0) is 18.2. The van der Waals surface area contributed by atoms with Gasteiger partial charge >= 0.3 is 5.69 Å². The van der Waals surface area contributed by atoms with Crippen LogP contribution in [0.3, 0.4) is 0 Å². The van der Waals surface area contributed by atoms with Crippen LogP contribution in [0.2, 0.25) is 0 Å². The Morgan fingerprint density at radius 1 is 1.24 bits per heavy atom. The highest BCUT2D eigenvalue weighted by atomic mass is 32.2. The fraction of sp³-hybridized carbons (Fsp3) is 0.643. The summed E-state index contributed by atoms with van der Waals surface area (Å²) in [5.41, 5.74) is 0.0880. The Labute approximate surface area is 145 Å². The van der Waals surface area contributed by atoms with E-state index in [0.29, 0.717) is 31.1 Å². The zero-order valence-electron chi connectivity index (χ0n) is 14.4. The molecule has 0 fully saturated rings. The Kier molecular flexibility index (Phi) is 4.80. The van der Waals surface area contributed by atoms with Gasteiger partial charge in [-0.15, -0.1) is 0 Å². The summed E-state index contributed by atoms with van der Waals surface area (Å²) in [4.78, 5) is 12.5. The van der Waals surface area contributed by atoms with E-state index in [-0.39, 0.29) is 36.0 Å². The van der Waals surface area contributed by atoms with Gasteiger partial charge in [0.15, 0.2) is 5.76 Å². The van der Waals surface area contributed by atoms with Crippen LogP contribution in [0, 0.1) is 13.8 Å². The van der Waals surface area contributed by atoms with Crippen molar-refractivity contribution in [1.82, 2.24) is 23.8 Å². The summed E-state index contributed by atoms with van der Waals surface area (Å²) >= 11 is 0. The van der Waals surface area contributed by atoms with E-state index in [1.54, 1.807) is 21.0 Å². The quantitative estimate of drug-likeness (QED) is 0.699. The second kappa shape index (κ2) is 6.73. The molecule has 0 bridgehead atoms. The molecule has 0 aromatic carbocycles. The Balaban J connectivity index is 1.85. The maximum Gasteiger partial charge on any atom is 0.346 e. The van der Waals surface area contributed by atoms with Crippen LogP contribution in [0.4, 0.5) is 0 Å². The topological polar surface area (TPSA) is 112 Å². The highest BCUT2D eigenvalue weighted by Gasteiger charge is 2.33. The van der Waals surface area contributed by atoms with Crippen LogP contribution in [-0.4, -0.2) is 59.0 Å². The van der Waals surface area contributed by atoms with Crippen molar-refractivity contribution in [3.63, 3.8) is 0 Å². The molecule has 0 spiro atoms. The first-order chi connectivity index (χ1) is 11.9. The first-order valence-corrected chi connectivity index (χ1v) is 9.38. The first-order valence-electron chi connectivity index (χ1n) is 7.94.